The van der Waals surface area contributed by atoms with Gasteiger partial charge in [0.1, 0.15) is 19.3 Å². The van der Waals surface area contributed by atoms with Gasteiger partial charge in [0.05, 0.1) is 6.04 Å². The fourth-order valence-electron chi connectivity index (χ4n) is 4.76. The van der Waals surface area contributed by atoms with Crippen LogP contribution in [0, 0.1) is 5.92 Å². The van der Waals surface area contributed by atoms with Crippen molar-refractivity contribution in [1.82, 2.24) is 10.2 Å². The van der Waals surface area contributed by atoms with Crippen molar-refractivity contribution in [1.29, 1.82) is 0 Å². The number of carbonyl (C=O) groups is 1. The highest BCUT2D eigenvalue weighted by Crippen LogP contribution is 2.46. The van der Waals surface area contributed by atoms with E-state index in [2.05, 4.69) is 10.2 Å². The number of likely N-dealkylation sites (tertiary alicyclic amines) is 1. The number of unbranched alkanes of at least 4 members (excludes halogenated alkanes) is 2. The van der Waals surface area contributed by atoms with Gasteiger partial charge in [0, 0.05) is 25.3 Å². The summed E-state index contributed by atoms with van der Waals surface area (Å²) in [5.41, 5.74) is 0.672. The predicted molar refractivity (Wildman–Crippen MR) is 127 cm³/mol. The van der Waals surface area contributed by atoms with E-state index in [4.69, 9.17) is 9.47 Å². The number of nitrogens with one attached hydrogen (secondary N) is 1. The minimum absolute atomic E-state index is 0. The number of fused-ring (bicyclic) bond motifs is 1. The lowest BCUT2D eigenvalue weighted by Gasteiger charge is -2.29. The average molecular weight is 483 g/mol. The van der Waals surface area contributed by atoms with E-state index in [0.717, 1.165) is 25.9 Å². The molecule has 0 bridgehead atoms. The molecule has 1 saturated carbocycles. The molecule has 4 rings (SSSR count). The third-order valence-corrected chi connectivity index (χ3v) is 6.88. The van der Waals surface area contributed by atoms with Crippen molar-refractivity contribution in [3.05, 3.63) is 23.8 Å². The van der Waals surface area contributed by atoms with Gasteiger partial charge in [-0.25, -0.2) is 8.78 Å². The molecule has 192 valence electrons. The molecule has 1 aliphatic carbocycles. The number of aliphatic hydroxyl groups is 1. The van der Waals surface area contributed by atoms with Gasteiger partial charge in [0.15, 0.2) is 11.5 Å². The number of hydrogen-bond acceptors (Lipinski definition) is 5. The zero-order chi connectivity index (χ0) is 23.3. The molecule has 2 fully saturated rings. The lowest BCUT2D eigenvalue weighted by atomic mass is 10.00. The van der Waals surface area contributed by atoms with Crippen molar-refractivity contribution in [2.45, 2.75) is 83.3 Å². The van der Waals surface area contributed by atoms with Crippen LogP contribution >= 0.6 is 0 Å². The number of nitrogens with zero attached hydrogens (tertiary/aromatic N) is 1. The van der Waals surface area contributed by atoms with Gasteiger partial charge in [0.25, 0.3) is 5.92 Å². The van der Waals surface area contributed by atoms with Gasteiger partial charge >= 0.3 is 0 Å². The van der Waals surface area contributed by atoms with Crippen molar-refractivity contribution in [2.24, 2.45) is 5.92 Å². The lowest BCUT2D eigenvalue weighted by molar-refractivity contribution is -0.123. The topological polar surface area (TPSA) is 71.0 Å². The summed E-state index contributed by atoms with van der Waals surface area (Å²) in [6.45, 7) is 3.44. The molecule has 1 amide bonds. The number of rotatable bonds is 12. The largest absolute Gasteiger partial charge is 0.486 e. The zero-order valence-corrected chi connectivity index (χ0v) is 19.2. The molecule has 34 heavy (non-hydrogen) atoms. The molecule has 0 aromatic heterocycles. The van der Waals surface area contributed by atoms with Crippen LogP contribution in [0.2, 0.25) is 0 Å². The first-order valence-corrected chi connectivity index (χ1v) is 12.4. The minimum atomic E-state index is -2.54. The Morgan fingerprint density at radius 3 is 2.53 bits per heavy atom. The van der Waals surface area contributed by atoms with Crippen molar-refractivity contribution in [2.75, 3.05) is 32.8 Å². The second kappa shape index (κ2) is 12.2. The van der Waals surface area contributed by atoms with E-state index in [9.17, 15) is 18.7 Å². The molecule has 3 aliphatic rings. The molecule has 2 atom stereocenters. The molecular weight excluding hydrogens is 442 g/mol. The number of alkyl halides is 2. The Morgan fingerprint density at radius 1 is 1.12 bits per heavy atom. The Balaban J connectivity index is 0.00000324. The zero-order valence-electron chi connectivity index (χ0n) is 19.2. The van der Waals surface area contributed by atoms with Gasteiger partial charge < -0.3 is 24.8 Å². The molecule has 0 radical (unpaired) electrons. The van der Waals surface area contributed by atoms with Gasteiger partial charge in [-0.05, 0) is 69.3 Å². The van der Waals surface area contributed by atoms with E-state index in [1.54, 1.807) is 18.2 Å². The van der Waals surface area contributed by atoms with Crippen LogP contribution in [0.25, 0.3) is 0 Å². The van der Waals surface area contributed by atoms with E-state index >= 15 is 0 Å². The molecule has 8 heteroatoms. The van der Waals surface area contributed by atoms with E-state index < -0.39 is 24.0 Å². The second-order valence-electron chi connectivity index (χ2n) is 9.63. The van der Waals surface area contributed by atoms with Gasteiger partial charge in [-0.3, -0.25) is 4.79 Å². The summed E-state index contributed by atoms with van der Waals surface area (Å²) in [5.74, 6) is -1.85. The van der Waals surface area contributed by atoms with Crippen LogP contribution in [0.5, 0.6) is 11.5 Å². The Labute approximate surface area is 202 Å². The summed E-state index contributed by atoms with van der Waals surface area (Å²) < 4.78 is 38.8. The molecule has 1 aromatic rings. The summed E-state index contributed by atoms with van der Waals surface area (Å²) in [5, 5.41) is 14.1. The summed E-state index contributed by atoms with van der Waals surface area (Å²) in [4.78, 5) is 14.9. The highest BCUT2D eigenvalue weighted by Gasteiger charge is 2.45. The van der Waals surface area contributed by atoms with Gasteiger partial charge in [0.2, 0.25) is 5.91 Å². The summed E-state index contributed by atoms with van der Waals surface area (Å²) in [7, 11) is 0. The van der Waals surface area contributed by atoms with Crippen LogP contribution in [0.1, 0.15) is 76.9 Å². The maximum atomic E-state index is 13.8. The molecule has 2 N–H and O–H groups in total. The first-order valence-electron chi connectivity index (χ1n) is 12.4. The second-order valence-corrected chi connectivity index (χ2v) is 9.63. The highest BCUT2D eigenvalue weighted by molar-refractivity contribution is 5.76. The van der Waals surface area contributed by atoms with Crippen LogP contribution in [0.15, 0.2) is 18.2 Å². The van der Waals surface area contributed by atoms with E-state index in [1.807, 2.05) is 0 Å². The van der Waals surface area contributed by atoms with Crippen molar-refractivity contribution in [3.8, 4) is 11.5 Å². The third-order valence-electron chi connectivity index (χ3n) is 6.88. The lowest BCUT2D eigenvalue weighted by Crippen LogP contribution is -2.46. The minimum Gasteiger partial charge on any atom is -0.486 e. The maximum absolute atomic E-state index is 13.8. The number of benzene rings is 1. The maximum Gasteiger partial charge on any atom is 0.250 e. The van der Waals surface area contributed by atoms with E-state index in [0.29, 0.717) is 68.9 Å². The van der Waals surface area contributed by atoms with Crippen molar-refractivity contribution < 1.29 is 28.2 Å². The summed E-state index contributed by atoms with van der Waals surface area (Å²) >= 11 is 0. The first-order chi connectivity index (χ1) is 15.9. The molecule has 0 unspecified atom stereocenters. The Kier molecular flexibility index (Phi) is 9.54. The highest BCUT2D eigenvalue weighted by atomic mass is 19.3. The van der Waals surface area contributed by atoms with Crippen molar-refractivity contribution in [3.63, 3.8) is 0 Å². The molecule has 1 aromatic carbocycles. The molecule has 2 heterocycles. The molecule has 2 aliphatic heterocycles. The van der Waals surface area contributed by atoms with E-state index in [-0.39, 0.29) is 26.2 Å². The fraction of sp³-hybridized carbons (Fsp3) is 0.731. The number of ether oxygens (including phenoxy) is 2. The summed E-state index contributed by atoms with van der Waals surface area (Å²) in [6, 6.07) is 4.92. The summed E-state index contributed by atoms with van der Waals surface area (Å²) in [6.07, 6.45) is 4.44. The molecule has 1 saturated heterocycles. The fourth-order valence-corrected chi connectivity index (χ4v) is 4.76. The number of hydrogen-bond donors (Lipinski definition) is 2. The Bertz CT molecular complexity index is 797. The van der Waals surface area contributed by atoms with Crippen LogP contribution in [0.4, 0.5) is 8.78 Å². The SMILES string of the molecule is C.O=C(CCCCCC(F)(F)C1CC1)N[C@H](CN1CCCC1)[C@H](O)c1ccc2c(c1)OCCO2. The van der Waals surface area contributed by atoms with Crippen LogP contribution in [0.3, 0.4) is 0 Å². The van der Waals surface area contributed by atoms with Crippen molar-refractivity contribution >= 4 is 5.91 Å². The standard InChI is InChI=1S/C25H36F2N2O4.CH4/c26-25(27,19-8-9-19)11-3-1-2-6-23(30)28-20(17-29-12-4-5-13-29)24(31)18-7-10-21-22(16-18)33-15-14-32-21;/h7,10,16,19-20,24,31H,1-6,8-9,11-15,17H2,(H,28,30);1H4/t20-,24-;/m1./s1. The molecule has 0 spiro atoms. The average Bonchev–Trinajstić information content (AvgIpc) is 3.56. The van der Waals surface area contributed by atoms with Gasteiger partial charge in [-0.15, -0.1) is 0 Å². The third kappa shape index (κ3) is 7.28. The van der Waals surface area contributed by atoms with Gasteiger partial charge in [-0.1, -0.05) is 19.9 Å². The van der Waals surface area contributed by atoms with Crippen LogP contribution < -0.4 is 14.8 Å². The van der Waals surface area contributed by atoms with Gasteiger partial charge in [-0.2, -0.15) is 0 Å². The number of amides is 1. The number of carbonyl (C=O) groups excluding carboxylic acids is 1. The Morgan fingerprint density at radius 2 is 1.82 bits per heavy atom. The molecule has 6 nitrogen and oxygen atoms in total. The van der Waals surface area contributed by atoms with E-state index in [1.165, 1.54) is 0 Å². The normalized spacial score (nSPS) is 19.9. The Hall–Kier alpha value is -1.93. The number of halogens is 2. The monoisotopic (exact) mass is 482 g/mol. The number of aliphatic hydroxyl groups excluding tert-OH is 1. The predicted octanol–water partition coefficient (Wildman–Crippen LogP) is 4.70. The van der Waals surface area contributed by atoms with Crippen LogP contribution in [-0.2, 0) is 4.79 Å². The smallest absolute Gasteiger partial charge is 0.250 e. The molecular formula is C26H40F2N2O4. The quantitative estimate of drug-likeness (QED) is 0.423. The first kappa shape index (κ1) is 26.7. The van der Waals surface area contributed by atoms with Crippen LogP contribution in [-0.4, -0.2) is 60.7 Å².